The Morgan fingerprint density at radius 3 is 1.70 bits per heavy atom. The minimum atomic E-state index is -1.63. The molecule has 402 valence electrons. The number of nitrogens with one attached hydrogen (secondary N) is 1. The van der Waals surface area contributed by atoms with Crippen molar-refractivity contribution in [3.05, 3.63) is 85.1 Å². The molecule has 1 heterocycles. The van der Waals surface area contributed by atoms with Gasteiger partial charge in [0.05, 0.1) is 25.4 Å². The maximum atomic E-state index is 13.3. The number of amides is 1. The Balaban J connectivity index is 2.78. The number of esters is 1. The first-order valence-corrected chi connectivity index (χ1v) is 27.9. The van der Waals surface area contributed by atoms with Crippen molar-refractivity contribution >= 4 is 11.9 Å². The second-order valence-corrected chi connectivity index (χ2v) is 19.0. The zero-order valence-electron chi connectivity index (χ0n) is 44.1. The lowest BCUT2D eigenvalue weighted by Crippen LogP contribution is -2.61. The fourth-order valence-electron chi connectivity index (χ4n) is 8.19. The average Bonchev–Trinajstić information content (AvgIpc) is 3.36. The van der Waals surface area contributed by atoms with Gasteiger partial charge in [-0.25, -0.2) is 0 Å². The number of hydrogen-bond acceptors (Lipinski definition) is 10. The SMILES string of the molecule is CC/C=C/C=C/C=C/CCCCCCCCCC(=O)OC1C(OCC(NC(=O)C(O)CCCCC/C=C/C/C=C/C/C=C/CC)C(O)/C=C/CCCCCCCCCCCCC)OC(CO)C(O)C1O. The van der Waals surface area contributed by atoms with Gasteiger partial charge in [0.15, 0.2) is 12.4 Å². The number of ether oxygens (including phenoxy) is 3. The molecule has 0 spiro atoms. The topological polar surface area (TPSA) is 175 Å². The molecule has 11 heteroatoms. The minimum Gasteiger partial charge on any atom is -0.454 e. The number of unbranched alkanes of at least 4 members (excludes halogenated alkanes) is 21. The van der Waals surface area contributed by atoms with E-state index >= 15 is 0 Å². The third-order valence-corrected chi connectivity index (χ3v) is 12.6. The highest BCUT2D eigenvalue weighted by atomic mass is 16.7. The van der Waals surface area contributed by atoms with Crippen LogP contribution in [-0.4, -0.2) is 99.6 Å². The molecule has 70 heavy (non-hydrogen) atoms. The van der Waals surface area contributed by atoms with Gasteiger partial charge >= 0.3 is 5.97 Å². The third-order valence-electron chi connectivity index (χ3n) is 12.6. The van der Waals surface area contributed by atoms with Gasteiger partial charge in [0.25, 0.3) is 0 Å². The summed E-state index contributed by atoms with van der Waals surface area (Å²) in [6.45, 7) is 5.50. The van der Waals surface area contributed by atoms with Crippen LogP contribution in [0.2, 0.25) is 0 Å². The average molecular weight is 984 g/mol. The van der Waals surface area contributed by atoms with Crippen molar-refractivity contribution in [1.29, 1.82) is 0 Å². The Kier molecular flexibility index (Phi) is 43.4. The van der Waals surface area contributed by atoms with E-state index in [1.165, 1.54) is 57.8 Å². The second kappa shape index (κ2) is 46.9. The van der Waals surface area contributed by atoms with E-state index in [4.69, 9.17) is 14.2 Å². The van der Waals surface area contributed by atoms with Gasteiger partial charge in [0, 0.05) is 6.42 Å². The van der Waals surface area contributed by atoms with Crippen LogP contribution in [-0.2, 0) is 23.8 Å². The molecule has 0 aromatic heterocycles. The van der Waals surface area contributed by atoms with Crippen LogP contribution in [0.1, 0.15) is 213 Å². The largest absolute Gasteiger partial charge is 0.454 e. The molecule has 1 saturated heterocycles. The molecule has 0 aliphatic carbocycles. The van der Waals surface area contributed by atoms with Crippen molar-refractivity contribution in [3.8, 4) is 0 Å². The molecule has 8 unspecified atom stereocenters. The highest BCUT2D eigenvalue weighted by molar-refractivity contribution is 5.80. The molecule has 6 N–H and O–H groups in total. The van der Waals surface area contributed by atoms with Crippen LogP contribution in [0.3, 0.4) is 0 Å². The van der Waals surface area contributed by atoms with E-state index in [9.17, 15) is 35.1 Å². The lowest BCUT2D eigenvalue weighted by molar-refractivity contribution is -0.305. The molecule has 1 amide bonds. The first-order chi connectivity index (χ1) is 34.2. The van der Waals surface area contributed by atoms with Gasteiger partial charge in [0.2, 0.25) is 5.91 Å². The number of aliphatic hydroxyl groups excluding tert-OH is 5. The minimum absolute atomic E-state index is 0.103. The number of carbonyl (C=O) groups excluding carboxylic acids is 2. The zero-order chi connectivity index (χ0) is 51.1. The fraction of sp³-hybridized carbons (Fsp3) is 0.729. The van der Waals surface area contributed by atoms with Gasteiger partial charge in [-0.2, -0.15) is 0 Å². The normalized spacial score (nSPS) is 20.4. The molecule has 0 bridgehead atoms. The van der Waals surface area contributed by atoms with Crippen molar-refractivity contribution in [3.63, 3.8) is 0 Å². The van der Waals surface area contributed by atoms with Gasteiger partial charge in [-0.3, -0.25) is 9.59 Å². The van der Waals surface area contributed by atoms with E-state index in [2.05, 4.69) is 92.9 Å². The highest BCUT2D eigenvalue weighted by Gasteiger charge is 2.47. The van der Waals surface area contributed by atoms with Crippen molar-refractivity contribution in [2.45, 2.75) is 262 Å². The summed E-state index contributed by atoms with van der Waals surface area (Å²) in [7, 11) is 0. The summed E-state index contributed by atoms with van der Waals surface area (Å²) in [6, 6.07) is -1.04. The van der Waals surface area contributed by atoms with Gasteiger partial charge in [-0.15, -0.1) is 0 Å². The van der Waals surface area contributed by atoms with Crippen LogP contribution in [0, 0.1) is 0 Å². The predicted molar refractivity (Wildman–Crippen MR) is 287 cm³/mol. The van der Waals surface area contributed by atoms with E-state index in [0.717, 1.165) is 109 Å². The van der Waals surface area contributed by atoms with Gasteiger partial charge in [0.1, 0.15) is 24.4 Å². The second-order valence-electron chi connectivity index (χ2n) is 19.0. The molecule has 1 aliphatic rings. The lowest BCUT2D eigenvalue weighted by Gasteiger charge is -2.41. The molecule has 8 atom stereocenters. The third kappa shape index (κ3) is 35.0. The van der Waals surface area contributed by atoms with Crippen LogP contribution in [0.25, 0.3) is 0 Å². The number of aliphatic hydroxyl groups is 5. The maximum Gasteiger partial charge on any atom is 0.306 e. The Labute approximate surface area is 425 Å². The summed E-state index contributed by atoms with van der Waals surface area (Å²) >= 11 is 0. The van der Waals surface area contributed by atoms with Crippen molar-refractivity contribution in [2.75, 3.05) is 13.2 Å². The van der Waals surface area contributed by atoms with Crippen LogP contribution in [0.5, 0.6) is 0 Å². The summed E-state index contributed by atoms with van der Waals surface area (Å²) in [5.41, 5.74) is 0. The quantitative estimate of drug-likeness (QED) is 0.0149. The van der Waals surface area contributed by atoms with Crippen molar-refractivity contribution < 1.29 is 49.3 Å². The van der Waals surface area contributed by atoms with E-state index in [0.29, 0.717) is 12.8 Å². The summed E-state index contributed by atoms with van der Waals surface area (Å²) in [5, 5.41) is 56.7. The number of allylic oxidation sites excluding steroid dienone is 13. The molecule has 1 rings (SSSR count). The van der Waals surface area contributed by atoms with Gasteiger partial charge < -0.3 is 45.1 Å². The summed E-state index contributed by atoms with van der Waals surface area (Å²) in [5.74, 6) is -1.24. The Morgan fingerprint density at radius 2 is 1.10 bits per heavy atom. The zero-order valence-corrected chi connectivity index (χ0v) is 44.1. The fourth-order valence-corrected chi connectivity index (χ4v) is 8.19. The molecule has 1 aliphatic heterocycles. The van der Waals surface area contributed by atoms with Crippen molar-refractivity contribution in [1.82, 2.24) is 5.32 Å². The van der Waals surface area contributed by atoms with E-state index in [1.807, 2.05) is 12.2 Å². The Hall–Kier alpha value is -3.16. The molecular weight excluding hydrogens is 883 g/mol. The number of carbonyl (C=O) groups is 2. The molecule has 0 saturated carbocycles. The van der Waals surface area contributed by atoms with Crippen LogP contribution < -0.4 is 5.32 Å². The molecule has 11 nitrogen and oxygen atoms in total. The number of hydrogen-bond donors (Lipinski definition) is 6. The molecule has 0 aromatic rings. The Morgan fingerprint density at radius 1 is 0.586 bits per heavy atom. The number of rotatable bonds is 45. The molecular formula is C59H101NO10. The Bertz CT molecular complexity index is 1460. The smallest absolute Gasteiger partial charge is 0.306 e. The van der Waals surface area contributed by atoms with Crippen LogP contribution >= 0.6 is 0 Å². The summed E-state index contributed by atoms with van der Waals surface area (Å²) < 4.78 is 17.5. The van der Waals surface area contributed by atoms with Gasteiger partial charge in [-0.1, -0.05) is 215 Å². The predicted octanol–water partition coefficient (Wildman–Crippen LogP) is 12.2. The van der Waals surface area contributed by atoms with E-state index in [1.54, 1.807) is 6.08 Å². The van der Waals surface area contributed by atoms with Crippen LogP contribution in [0.4, 0.5) is 0 Å². The molecule has 0 radical (unpaired) electrons. The maximum absolute atomic E-state index is 13.3. The first kappa shape index (κ1) is 64.9. The summed E-state index contributed by atoms with van der Waals surface area (Å²) in [4.78, 5) is 26.4. The van der Waals surface area contributed by atoms with Gasteiger partial charge in [-0.05, 0) is 77.0 Å². The monoisotopic (exact) mass is 984 g/mol. The van der Waals surface area contributed by atoms with E-state index in [-0.39, 0.29) is 19.4 Å². The summed E-state index contributed by atoms with van der Waals surface area (Å²) in [6.07, 6.45) is 49.1. The first-order valence-electron chi connectivity index (χ1n) is 27.9. The molecule has 1 fully saturated rings. The lowest BCUT2D eigenvalue weighted by atomic mass is 9.99. The van der Waals surface area contributed by atoms with E-state index < -0.39 is 67.4 Å². The standard InChI is InChI=1S/C59H101NO10/c1-4-7-10-13-16-19-22-25-26-29-32-35-38-41-44-47-54(64)70-57-56(66)55(65)53(48-61)69-59(57)68-49-50(51(62)45-42-39-36-33-30-27-23-20-17-14-11-8-5-2)60-58(67)52(63)46-43-40-37-34-31-28-24-21-18-15-12-9-6-3/h7,9-10,12-13,16,18-19,21-22,28,31,42,45,50-53,55-57,59,61-63,65-66H,4-6,8,11,14-15,17,20,23-27,29-30,32-41,43-44,46-49H2,1-3H3,(H,60,67)/b10-7+,12-9+,16-13+,21-18+,22-19+,31-28+,45-42+. The van der Waals surface area contributed by atoms with Crippen LogP contribution in [0.15, 0.2) is 85.1 Å². The molecule has 0 aromatic carbocycles. The highest BCUT2D eigenvalue weighted by Crippen LogP contribution is 2.26. The van der Waals surface area contributed by atoms with Crippen molar-refractivity contribution in [2.24, 2.45) is 0 Å².